The summed E-state index contributed by atoms with van der Waals surface area (Å²) in [6.07, 6.45) is 0.693. The minimum absolute atomic E-state index is 0.125. The van der Waals surface area contributed by atoms with Crippen LogP contribution in [0, 0.1) is 19.7 Å². The number of benzene rings is 1. The number of aliphatic carboxylic acids is 1. The number of hydrogen-bond donors (Lipinski definition) is 2. The van der Waals surface area contributed by atoms with E-state index in [1.807, 2.05) is 6.92 Å². The molecule has 5 rings (SSSR count). The van der Waals surface area contributed by atoms with E-state index in [-0.39, 0.29) is 22.9 Å². The number of carbonyl (C=O) groups excluding carboxylic acids is 1. The molecule has 12 heteroatoms. The number of carbonyl (C=O) groups is 2. The van der Waals surface area contributed by atoms with Crippen molar-refractivity contribution in [3.63, 3.8) is 0 Å². The standard InChI is InChI=1S/C31H40FN5O6/c1-18-20-8-6-13-42-27(20)22(32)16-21(18)26-25(28(30(39)40)43-31(3,4)5)19(2)34-24-17-23(35-37(24)26)29(38)33-9-7-10-36-11-14-41-15-12-36/h16-17,28H,6-15H2,1-5H3,(H,33,38)(H,39,40)/t28-/m0/s1. The fourth-order valence-electron chi connectivity index (χ4n) is 5.73. The highest BCUT2D eigenvalue weighted by Gasteiger charge is 2.35. The van der Waals surface area contributed by atoms with E-state index in [1.165, 1.54) is 10.6 Å². The molecule has 232 valence electrons. The van der Waals surface area contributed by atoms with Crippen LogP contribution in [0.25, 0.3) is 16.9 Å². The van der Waals surface area contributed by atoms with Crippen LogP contribution in [0.4, 0.5) is 4.39 Å². The molecule has 1 atom stereocenters. The van der Waals surface area contributed by atoms with Gasteiger partial charge in [0.1, 0.15) is 0 Å². The van der Waals surface area contributed by atoms with Crippen LogP contribution in [0.15, 0.2) is 12.1 Å². The van der Waals surface area contributed by atoms with Crippen molar-refractivity contribution in [3.8, 4) is 17.0 Å². The Morgan fingerprint density at radius 2 is 1.93 bits per heavy atom. The Morgan fingerprint density at radius 1 is 1.19 bits per heavy atom. The van der Waals surface area contributed by atoms with E-state index in [1.54, 1.807) is 33.8 Å². The Hall–Kier alpha value is -3.61. The molecule has 2 aliphatic rings. The summed E-state index contributed by atoms with van der Waals surface area (Å²) in [5, 5.41) is 17.8. The number of aryl methyl sites for hydroxylation is 1. The van der Waals surface area contributed by atoms with Gasteiger partial charge in [-0.3, -0.25) is 9.69 Å². The molecule has 2 N–H and O–H groups in total. The highest BCUT2D eigenvalue weighted by molar-refractivity contribution is 5.93. The van der Waals surface area contributed by atoms with Gasteiger partial charge in [0.25, 0.3) is 5.91 Å². The van der Waals surface area contributed by atoms with Crippen LogP contribution in [0.5, 0.6) is 5.75 Å². The average molecular weight is 598 g/mol. The van der Waals surface area contributed by atoms with Crippen LogP contribution >= 0.6 is 0 Å². The van der Waals surface area contributed by atoms with Crippen molar-refractivity contribution in [3.05, 3.63) is 46.0 Å². The van der Waals surface area contributed by atoms with Crippen molar-refractivity contribution in [2.75, 3.05) is 46.0 Å². The number of morpholine rings is 1. The molecule has 0 radical (unpaired) electrons. The fraction of sp³-hybridized carbons (Fsp3) is 0.548. The summed E-state index contributed by atoms with van der Waals surface area (Å²) >= 11 is 0. The minimum Gasteiger partial charge on any atom is -0.490 e. The molecule has 0 bridgehead atoms. The van der Waals surface area contributed by atoms with Gasteiger partial charge in [-0.25, -0.2) is 18.7 Å². The number of fused-ring (bicyclic) bond motifs is 2. The zero-order valence-corrected chi connectivity index (χ0v) is 25.5. The number of ether oxygens (including phenoxy) is 3. The first-order valence-electron chi connectivity index (χ1n) is 14.8. The number of halogens is 1. The normalized spacial score (nSPS) is 16.5. The number of amides is 1. The van der Waals surface area contributed by atoms with E-state index in [0.717, 1.165) is 43.6 Å². The topological polar surface area (TPSA) is 128 Å². The maximum absolute atomic E-state index is 15.5. The largest absolute Gasteiger partial charge is 0.490 e. The van der Waals surface area contributed by atoms with E-state index >= 15 is 4.39 Å². The Bertz CT molecular complexity index is 1530. The van der Waals surface area contributed by atoms with Gasteiger partial charge in [-0.1, -0.05) is 0 Å². The summed E-state index contributed by atoms with van der Waals surface area (Å²) in [5.41, 5.74) is 2.50. The van der Waals surface area contributed by atoms with Gasteiger partial charge in [0.15, 0.2) is 29.0 Å². The predicted molar refractivity (Wildman–Crippen MR) is 157 cm³/mol. The van der Waals surface area contributed by atoms with Gasteiger partial charge in [0.2, 0.25) is 0 Å². The summed E-state index contributed by atoms with van der Waals surface area (Å²) < 4.78 is 34.0. The number of carboxylic acids is 1. The Morgan fingerprint density at radius 3 is 2.63 bits per heavy atom. The Balaban J connectivity index is 1.58. The Kier molecular flexibility index (Phi) is 9.00. The number of carboxylic acid groups (broad SMARTS) is 1. The molecule has 1 fully saturated rings. The molecule has 1 aromatic carbocycles. The van der Waals surface area contributed by atoms with E-state index < -0.39 is 23.5 Å². The van der Waals surface area contributed by atoms with E-state index in [9.17, 15) is 14.7 Å². The molecule has 3 aromatic rings. The lowest BCUT2D eigenvalue weighted by atomic mass is 9.91. The van der Waals surface area contributed by atoms with Crippen molar-refractivity contribution < 1.29 is 33.3 Å². The molecule has 0 spiro atoms. The summed E-state index contributed by atoms with van der Waals surface area (Å²) in [6, 6.07) is 2.91. The van der Waals surface area contributed by atoms with Gasteiger partial charge < -0.3 is 24.6 Å². The zero-order valence-electron chi connectivity index (χ0n) is 25.5. The van der Waals surface area contributed by atoms with Crippen LogP contribution < -0.4 is 10.1 Å². The first-order valence-corrected chi connectivity index (χ1v) is 14.8. The van der Waals surface area contributed by atoms with Crippen LogP contribution in [-0.4, -0.2) is 88.1 Å². The van der Waals surface area contributed by atoms with Crippen molar-refractivity contribution >= 4 is 17.5 Å². The smallest absolute Gasteiger partial charge is 0.337 e. The zero-order chi connectivity index (χ0) is 30.9. The molecule has 11 nitrogen and oxygen atoms in total. The van der Waals surface area contributed by atoms with Crippen LogP contribution in [0.3, 0.4) is 0 Å². The molecule has 2 aliphatic heterocycles. The average Bonchev–Trinajstić information content (AvgIpc) is 3.39. The summed E-state index contributed by atoms with van der Waals surface area (Å²) in [6.45, 7) is 13.8. The lowest BCUT2D eigenvalue weighted by Gasteiger charge is -2.28. The molecule has 0 saturated carbocycles. The second kappa shape index (κ2) is 12.6. The van der Waals surface area contributed by atoms with Crippen LogP contribution in [-0.2, 0) is 20.7 Å². The summed E-state index contributed by atoms with van der Waals surface area (Å²) in [5.74, 6) is -1.92. The lowest BCUT2D eigenvalue weighted by molar-refractivity contribution is -0.160. The second-order valence-corrected chi connectivity index (χ2v) is 12.1. The third-order valence-electron chi connectivity index (χ3n) is 7.75. The quantitative estimate of drug-likeness (QED) is 0.354. The van der Waals surface area contributed by atoms with E-state index in [4.69, 9.17) is 14.2 Å². The molecular formula is C31H40FN5O6. The van der Waals surface area contributed by atoms with Gasteiger partial charge in [0, 0.05) is 48.1 Å². The first-order chi connectivity index (χ1) is 20.4. The SMILES string of the molecule is Cc1nc2cc(C(=O)NCCCN3CCOCC3)nn2c(-c2cc(F)c3c(c2C)CCCO3)c1[C@H](OC(C)(C)C)C(=O)O. The molecule has 0 unspecified atom stereocenters. The molecule has 1 amide bonds. The van der Waals surface area contributed by atoms with Crippen molar-refractivity contribution in [2.45, 2.75) is 65.6 Å². The fourth-order valence-corrected chi connectivity index (χ4v) is 5.73. The monoisotopic (exact) mass is 597 g/mol. The molecule has 1 saturated heterocycles. The maximum Gasteiger partial charge on any atom is 0.337 e. The third-order valence-corrected chi connectivity index (χ3v) is 7.75. The number of nitrogens with one attached hydrogen (secondary N) is 1. The molecule has 0 aliphatic carbocycles. The van der Waals surface area contributed by atoms with Gasteiger partial charge in [-0.2, -0.15) is 5.10 Å². The molecule has 43 heavy (non-hydrogen) atoms. The number of hydrogen-bond acceptors (Lipinski definition) is 8. The highest BCUT2D eigenvalue weighted by atomic mass is 19.1. The predicted octanol–water partition coefficient (Wildman–Crippen LogP) is 3.87. The van der Waals surface area contributed by atoms with Gasteiger partial charge in [-0.05, 0) is 72.1 Å². The van der Waals surface area contributed by atoms with E-state index in [2.05, 4.69) is 20.3 Å². The molecule has 2 aromatic heterocycles. The molecule has 4 heterocycles. The minimum atomic E-state index is -1.43. The van der Waals surface area contributed by atoms with Crippen LogP contribution in [0.1, 0.15) is 72.6 Å². The van der Waals surface area contributed by atoms with Gasteiger partial charge in [0.05, 0.1) is 31.1 Å². The number of nitrogens with zero attached hydrogens (tertiary/aromatic N) is 4. The molecular weight excluding hydrogens is 557 g/mol. The summed E-state index contributed by atoms with van der Waals surface area (Å²) in [7, 11) is 0. The summed E-state index contributed by atoms with van der Waals surface area (Å²) in [4.78, 5) is 32.8. The second-order valence-electron chi connectivity index (χ2n) is 12.1. The van der Waals surface area contributed by atoms with Crippen LogP contribution in [0.2, 0.25) is 0 Å². The van der Waals surface area contributed by atoms with Crippen molar-refractivity contribution in [1.29, 1.82) is 0 Å². The van der Waals surface area contributed by atoms with Crippen molar-refractivity contribution in [1.82, 2.24) is 24.8 Å². The first kappa shape index (κ1) is 30.8. The van der Waals surface area contributed by atoms with Gasteiger partial charge in [-0.15, -0.1) is 0 Å². The number of aromatic nitrogens is 3. The highest BCUT2D eigenvalue weighted by Crippen LogP contribution is 2.41. The maximum atomic E-state index is 15.5. The van der Waals surface area contributed by atoms with Crippen molar-refractivity contribution in [2.24, 2.45) is 0 Å². The van der Waals surface area contributed by atoms with Gasteiger partial charge >= 0.3 is 5.97 Å². The van der Waals surface area contributed by atoms with E-state index in [0.29, 0.717) is 55.4 Å². The lowest BCUT2D eigenvalue weighted by Crippen LogP contribution is -2.38. The number of rotatable bonds is 9. The third kappa shape index (κ3) is 6.66. The Labute approximate surface area is 250 Å².